The van der Waals surface area contributed by atoms with Crippen LogP contribution in [0.3, 0.4) is 0 Å². The second-order valence-electron chi connectivity index (χ2n) is 4.47. The molecule has 0 amide bonds. The van der Waals surface area contributed by atoms with Crippen LogP contribution in [0.1, 0.15) is 17.2 Å². The summed E-state index contributed by atoms with van der Waals surface area (Å²) in [6.07, 6.45) is 0.767. The first-order valence-electron chi connectivity index (χ1n) is 6.07. The SMILES string of the molecule is CNC(Cc1ccc(F)c(Br)c1)c1ccc(Cl)c(Br)c1. The van der Waals surface area contributed by atoms with Crippen molar-refractivity contribution in [3.05, 3.63) is 67.3 Å². The lowest BCUT2D eigenvalue weighted by molar-refractivity contribution is 0.587. The highest BCUT2D eigenvalue weighted by Gasteiger charge is 2.12. The van der Waals surface area contributed by atoms with E-state index < -0.39 is 0 Å². The lowest BCUT2D eigenvalue weighted by Gasteiger charge is -2.17. The van der Waals surface area contributed by atoms with Gasteiger partial charge in [0.05, 0.1) is 9.50 Å². The average molecular weight is 422 g/mol. The zero-order valence-corrected chi connectivity index (χ0v) is 14.7. The van der Waals surface area contributed by atoms with Crippen LogP contribution in [0.4, 0.5) is 4.39 Å². The van der Waals surface area contributed by atoms with Crippen LogP contribution in [0.5, 0.6) is 0 Å². The Morgan fingerprint density at radius 1 is 1.15 bits per heavy atom. The molecule has 0 aliphatic rings. The van der Waals surface area contributed by atoms with Crippen molar-refractivity contribution >= 4 is 43.5 Å². The van der Waals surface area contributed by atoms with E-state index in [-0.39, 0.29) is 11.9 Å². The topological polar surface area (TPSA) is 12.0 Å². The molecule has 1 unspecified atom stereocenters. The molecule has 0 fully saturated rings. The normalized spacial score (nSPS) is 12.4. The highest BCUT2D eigenvalue weighted by Crippen LogP contribution is 2.28. The van der Waals surface area contributed by atoms with Gasteiger partial charge >= 0.3 is 0 Å². The minimum atomic E-state index is -0.246. The molecule has 1 N–H and O–H groups in total. The van der Waals surface area contributed by atoms with E-state index in [0.29, 0.717) is 9.50 Å². The predicted molar refractivity (Wildman–Crippen MR) is 88.8 cm³/mol. The van der Waals surface area contributed by atoms with E-state index in [0.717, 1.165) is 22.0 Å². The molecule has 0 bridgehead atoms. The molecule has 1 atom stereocenters. The number of rotatable bonds is 4. The van der Waals surface area contributed by atoms with Crippen LogP contribution in [0, 0.1) is 5.82 Å². The van der Waals surface area contributed by atoms with Crippen molar-refractivity contribution in [3.63, 3.8) is 0 Å². The van der Waals surface area contributed by atoms with Gasteiger partial charge in [-0.1, -0.05) is 23.7 Å². The molecular formula is C15H13Br2ClFN. The Morgan fingerprint density at radius 3 is 2.50 bits per heavy atom. The summed E-state index contributed by atoms with van der Waals surface area (Å²) < 4.78 is 14.6. The maximum atomic E-state index is 13.3. The Morgan fingerprint density at radius 2 is 1.90 bits per heavy atom. The van der Waals surface area contributed by atoms with Crippen molar-refractivity contribution < 1.29 is 4.39 Å². The molecule has 0 heterocycles. The largest absolute Gasteiger partial charge is 0.313 e. The molecular weight excluding hydrogens is 408 g/mol. The van der Waals surface area contributed by atoms with Gasteiger partial charge < -0.3 is 5.32 Å². The standard InChI is InChI=1S/C15H13Br2ClFN/c1-20-15(10-3-4-13(18)11(16)8-10)7-9-2-5-14(19)12(17)6-9/h2-6,8,15,20H,7H2,1H3. The van der Waals surface area contributed by atoms with Crippen molar-refractivity contribution in [2.24, 2.45) is 0 Å². The molecule has 0 radical (unpaired) electrons. The number of benzene rings is 2. The molecule has 0 saturated carbocycles. The van der Waals surface area contributed by atoms with Crippen molar-refractivity contribution in [2.75, 3.05) is 7.05 Å². The number of halogens is 4. The molecule has 1 nitrogen and oxygen atoms in total. The molecule has 106 valence electrons. The minimum absolute atomic E-state index is 0.140. The van der Waals surface area contributed by atoms with E-state index in [2.05, 4.69) is 37.2 Å². The zero-order valence-electron chi connectivity index (χ0n) is 10.8. The van der Waals surface area contributed by atoms with E-state index in [9.17, 15) is 4.39 Å². The summed E-state index contributed by atoms with van der Waals surface area (Å²) in [5.74, 6) is -0.246. The van der Waals surface area contributed by atoms with Gasteiger partial charge in [0.15, 0.2) is 0 Å². The fourth-order valence-electron chi connectivity index (χ4n) is 2.02. The van der Waals surface area contributed by atoms with Crippen LogP contribution in [-0.4, -0.2) is 7.05 Å². The quantitative estimate of drug-likeness (QED) is 0.687. The fraction of sp³-hybridized carbons (Fsp3) is 0.200. The molecule has 2 rings (SSSR count). The van der Waals surface area contributed by atoms with Gasteiger partial charge in [0.1, 0.15) is 5.82 Å². The first-order valence-corrected chi connectivity index (χ1v) is 8.04. The number of hydrogen-bond acceptors (Lipinski definition) is 1. The maximum absolute atomic E-state index is 13.3. The molecule has 2 aromatic carbocycles. The van der Waals surface area contributed by atoms with Gasteiger partial charge in [-0.25, -0.2) is 4.39 Å². The number of likely N-dealkylation sites (N-methyl/N-ethyl adjacent to an activating group) is 1. The monoisotopic (exact) mass is 419 g/mol. The Balaban J connectivity index is 2.23. The first kappa shape index (κ1) is 16.0. The summed E-state index contributed by atoms with van der Waals surface area (Å²) in [6.45, 7) is 0. The van der Waals surface area contributed by atoms with Crippen LogP contribution < -0.4 is 5.32 Å². The third-order valence-corrected chi connectivity index (χ3v) is 4.94. The van der Waals surface area contributed by atoms with Gasteiger partial charge in [0.25, 0.3) is 0 Å². The summed E-state index contributed by atoms with van der Waals surface area (Å²) in [4.78, 5) is 0. The van der Waals surface area contributed by atoms with Crippen LogP contribution >= 0.6 is 43.5 Å². The lowest BCUT2D eigenvalue weighted by atomic mass is 9.99. The summed E-state index contributed by atoms with van der Waals surface area (Å²) >= 11 is 12.7. The van der Waals surface area contributed by atoms with Crippen LogP contribution in [0.25, 0.3) is 0 Å². The van der Waals surface area contributed by atoms with Gasteiger partial charge in [0.2, 0.25) is 0 Å². The van der Waals surface area contributed by atoms with Crippen molar-refractivity contribution in [2.45, 2.75) is 12.5 Å². The van der Waals surface area contributed by atoms with E-state index in [1.807, 2.05) is 31.3 Å². The molecule has 20 heavy (non-hydrogen) atoms. The summed E-state index contributed by atoms with van der Waals surface area (Å²) in [6, 6.07) is 11.1. The summed E-state index contributed by atoms with van der Waals surface area (Å²) in [7, 11) is 1.91. The van der Waals surface area contributed by atoms with E-state index in [1.165, 1.54) is 6.07 Å². The van der Waals surface area contributed by atoms with E-state index in [4.69, 9.17) is 11.6 Å². The molecule has 0 spiro atoms. The van der Waals surface area contributed by atoms with E-state index >= 15 is 0 Å². The summed E-state index contributed by atoms with van der Waals surface area (Å²) in [5.41, 5.74) is 2.19. The van der Waals surface area contributed by atoms with Crippen molar-refractivity contribution in [3.8, 4) is 0 Å². The first-order chi connectivity index (χ1) is 9.51. The number of nitrogens with one attached hydrogen (secondary N) is 1. The Bertz CT molecular complexity index is 619. The Labute approximate surface area is 139 Å². The lowest BCUT2D eigenvalue weighted by Crippen LogP contribution is -2.18. The summed E-state index contributed by atoms with van der Waals surface area (Å²) in [5, 5.41) is 3.96. The average Bonchev–Trinajstić information content (AvgIpc) is 2.43. The number of hydrogen-bond donors (Lipinski definition) is 1. The molecule has 2 aromatic rings. The molecule has 0 aliphatic heterocycles. The second kappa shape index (κ2) is 7.03. The molecule has 0 aromatic heterocycles. The van der Waals surface area contributed by atoms with Gasteiger partial charge in [-0.3, -0.25) is 0 Å². The fourth-order valence-corrected chi connectivity index (χ4v) is 2.96. The van der Waals surface area contributed by atoms with Crippen molar-refractivity contribution in [1.82, 2.24) is 5.32 Å². The smallest absolute Gasteiger partial charge is 0.137 e. The van der Waals surface area contributed by atoms with Crippen LogP contribution in [0.2, 0.25) is 5.02 Å². The Kier molecular flexibility index (Phi) is 5.61. The van der Waals surface area contributed by atoms with Gasteiger partial charge in [-0.05, 0) is 80.7 Å². The highest BCUT2D eigenvalue weighted by atomic mass is 79.9. The zero-order chi connectivity index (χ0) is 14.7. The van der Waals surface area contributed by atoms with Gasteiger partial charge in [-0.15, -0.1) is 0 Å². The van der Waals surface area contributed by atoms with Gasteiger partial charge in [0, 0.05) is 10.5 Å². The molecule has 0 aliphatic carbocycles. The van der Waals surface area contributed by atoms with Gasteiger partial charge in [-0.2, -0.15) is 0 Å². The Hall–Kier alpha value is -0.420. The van der Waals surface area contributed by atoms with Crippen molar-refractivity contribution in [1.29, 1.82) is 0 Å². The third kappa shape index (κ3) is 3.82. The van der Waals surface area contributed by atoms with Crippen LogP contribution in [-0.2, 0) is 6.42 Å². The predicted octanol–water partition coefficient (Wildman–Crippen LogP) is 5.51. The molecule has 5 heteroatoms. The maximum Gasteiger partial charge on any atom is 0.137 e. The van der Waals surface area contributed by atoms with E-state index in [1.54, 1.807) is 6.07 Å². The third-order valence-electron chi connectivity index (χ3n) is 3.12. The minimum Gasteiger partial charge on any atom is -0.313 e. The second-order valence-corrected chi connectivity index (χ2v) is 6.58. The molecule has 0 saturated heterocycles. The highest BCUT2D eigenvalue weighted by molar-refractivity contribution is 9.10. The van der Waals surface area contributed by atoms with Crippen LogP contribution in [0.15, 0.2) is 45.3 Å².